The Balaban J connectivity index is 0. The quantitative estimate of drug-likeness (QED) is 0.399. The molecule has 0 fully saturated rings. The summed E-state index contributed by atoms with van der Waals surface area (Å²) >= 11 is 16.4. The first-order valence-corrected chi connectivity index (χ1v) is 4.03. The van der Waals surface area contributed by atoms with Crippen LogP contribution in [0.1, 0.15) is 0 Å². The van der Waals surface area contributed by atoms with Gasteiger partial charge in [0.05, 0.1) is 0 Å². The minimum absolute atomic E-state index is 0.750. The Hall–Kier alpha value is 1.58. The molecule has 0 nitrogen and oxygen atoms in total. The van der Waals surface area contributed by atoms with Crippen molar-refractivity contribution in [3.05, 3.63) is 0 Å². The number of hydrogen-bond acceptors (Lipinski definition) is 0. The SMILES string of the molecule is ClC(Cl)Cl.[CH3][Ti]. The maximum absolute atomic E-state index is 4.81. The molecule has 0 aromatic rings. The van der Waals surface area contributed by atoms with E-state index in [4.69, 9.17) is 34.8 Å². The molecule has 6 heavy (non-hydrogen) atoms. The molecular formula is C2H4Cl3Ti. The monoisotopic (exact) mass is 181 g/mol. The Morgan fingerprint density at radius 1 is 1.17 bits per heavy atom. The molecule has 0 aliphatic carbocycles. The third-order valence-corrected chi connectivity index (χ3v) is 0. The van der Waals surface area contributed by atoms with Crippen LogP contribution in [0.2, 0.25) is 5.23 Å². The normalized spacial score (nSPS) is 6.67. The number of halogens is 3. The molecule has 0 aliphatic rings. The molecule has 0 aromatic carbocycles. The van der Waals surface area contributed by atoms with Gasteiger partial charge in [0.25, 0.3) is 0 Å². The van der Waals surface area contributed by atoms with Crippen LogP contribution < -0.4 is 0 Å². The van der Waals surface area contributed by atoms with Crippen molar-refractivity contribution in [3.8, 4) is 0 Å². The van der Waals surface area contributed by atoms with Crippen molar-refractivity contribution in [3.63, 3.8) is 0 Å². The van der Waals surface area contributed by atoms with Gasteiger partial charge in [-0.25, -0.2) is 0 Å². The van der Waals surface area contributed by atoms with Crippen molar-refractivity contribution in [1.82, 2.24) is 0 Å². The van der Waals surface area contributed by atoms with Crippen molar-refractivity contribution in [1.29, 1.82) is 0 Å². The summed E-state index contributed by atoms with van der Waals surface area (Å²) < 4.78 is -0.750. The Morgan fingerprint density at radius 2 is 1.17 bits per heavy atom. The van der Waals surface area contributed by atoms with Crippen LogP contribution in [0.3, 0.4) is 0 Å². The minimum atomic E-state index is -0.750. The molecule has 0 saturated heterocycles. The zero-order valence-electron chi connectivity index (χ0n) is 3.21. The first-order valence-electron chi connectivity index (χ1n) is 1.15. The summed E-state index contributed by atoms with van der Waals surface area (Å²) in [4.78, 5) is 0. The molecule has 0 bridgehead atoms. The van der Waals surface area contributed by atoms with Crippen molar-refractivity contribution in [2.75, 3.05) is 0 Å². The van der Waals surface area contributed by atoms with Gasteiger partial charge in [-0.1, -0.05) is 34.8 Å². The van der Waals surface area contributed by atoms with Crippen molar-refractivity contribution >= 4 is 34.8 Å². The molecule has 0 rings (SSSR count). The van der Waals surface area contributed by atoms with E-state index in [9.17, 15) is 0 Å². The van der Waals surface area contributed by atoms with Crippen LogP contribution in [-0.2, 0) is 20.4 Å². The van der Waals surface area contributed by atoms with Crippen LogP contribution in [-0.4, -0.2) is 4.30 Å². The molecule has 0 amide bonds. The van der Waals surface area contributed by atoms with Gasteiger partial charge in [-0.15, -0.1) is 0 Å². The second-order valence-electron chi connectivity index (χ2n) is 0.247. The maximum atomic E-state index is 4.81. The van der Waals surface area contributed by atoms with Gasteiger partial charge in [-0.2, -0.15) is 0 Å². The predicted molar refractivity (Wildman–Crippen MR) is 27.2 cm³/mol. The predicted octanol–water partition coefficient (Wildman–Crippen LogP) is 2.57. The van der Waals surface area contributed by atoms with Gasteiger partial charge in [0.15, 0.2) is 4.30 Å². The molecule has 0 radical (unpaired) electrons. The Bertz CT molecular complexity index is 13.5. The summed E-state index contributed by atoms with van der Waals surface area (Å²) in [5.74, 6) is 0. The van der Waals surface area contributed by atoms with Gasteiger partial charge in [0.1, 0.15) is 0 Å². The summed E-state index contributed by atoms with van der Waals surface area (Å²) in [5, 5.41) is 2.00. The fourth-order valence-corrected chi connectivity index (χ4v) is 0. The van der Waals surface area contributed by atoms with Gasteiger partial charge in [-0.3, -0.25) is 0 Å². The van der Waals surface area contributed by atoms with E-state index in [1.165, 1.54) is 0 Å². The molecule has 0 saturated carbocycles. The van der Waals surface area contributed by atoms with Crippen molar-refractivity contribution in [2.45, 2.75) is 9.52 Å². The molecule has 0 spiro atoms. The van der Waals surface area contributed by atoms with Gasteiger partial charge in [0, 0.05) is 0 Å². The second kappa shape index (κ2) is 9.77. The van der Waals surface area contributed by atoms with Gasteiger partial charge in [0.2, 0.25) is 0 Å². The summed E-state index contributed by atoms with van der Waals surface area (Å²) in [6.45, 7) is 0. The van der Waals surface area contributed by atoms with E-state index >= 15 is 0 Å². The Morgan fingerprint density at radius 3 is 1.17 bits per heavy atom. The van der Waals surface area contributed by atoms with E-state index in [1.54, 1.807) is 0 Å². The average Bonchev–Trinajstić information content (AvgIpc) is 1.41. The van der Waals surface area contributed by atoms with E-state index in [0.29, 0.717) is 0 Å². The molecule has 0 atom stereocenters. The average molecular weight is 182 g/mol. The van der Waals surface area contributed by atoms with E-state index in [-0.39, 0.29) is 0 Å². The van der Waals surface area contributed by atoms with Crippen LogP contribution in [0.15, 0.2) is 0 Å². The van der Waals surface area contributed by atoms with Crippen LogP contribution in [0.4, 0.5) is 0 Å². The summed E-state index contributed by atoms with van der Waals surface area (Å²) in [5.41, 5.74) is 0. The first kappa shape index (κ1) is 10.5. The topological polar surface area (TPSA) is 0 Å². The zero-order chi connectivity index (χ0) is 5.58. The summed E-state index contributed by atoms with van der Waals surface area (Å²) in [6, 6.07) is 0. The van der Waals surface area contributed by atoms with Crippen LogP contribution in [0, 0.1) is 0 Å². The molecule has 0 unspecified atom stereocenters. The van der Waals surface area contributed by atoms with Crippen molar-refractivity contribution < 1.29 is 20.4 Å². The fourth-order valence-electron chi connectivity index (χ4n) is 0. The molecule has 0 aliphatic heterocycles. The van der Waals surface area contributed by atoms with Crippen LogP contribution >= 0.6 is 34.8 Å². The fraction of sp³-hybridized carbons (Fsp3) is 1.00. The summed E-state index contributed by atoms with van der Waals surface area (Å²) in [7, 11) is 0. The van der Waals surface area contributed by atoms with Crippen molar-refractivity contribution in [2.24, 2.45) is 0 Å². The number of alkyl halides is 3. The summed E-state index contributed by atoms with van der Waals surface area (Å²) in [6.07, 6.45) is 0. The third kappa shape index (κ3) is 46.8. The Kier molecular flexibility index (Phi) is 17.2. The molecule has 37 valence electrons. The van der Waals surface area contributed by atoms with Crippen LogP contribution in [0.25, 0.3) is 0 Å². The molecule has 0 N–H and O–H groups in total. The molecule has 4 heteroatoms. The first-order chi connectivity index (χ1) is 2.73. The second-order valence-corrected chi connectivity index (χ2v) is 2.23. The number of rotatable bonds is 0. The van der Waals surface area contributed by atoms with E-state index in [1.807, 2.05) is 25.7 Å². The zero-order valence-corrected chi connectivity index (χ0v) is 7.04. The molecule has 0 heterocycles. The van der Waals surface area contributed by atoms with E-state index in [2.05, 4.69) is 0 Å². The standard InChI is InChI=1S/CHCl3.CH3.Ti/c2-1(3)4;;/h1H;1H3;. The number of hydrogen-bond donors (Lipinski definition) is 0. The van der Waals surface area contributed by atoms with Gasteiger partial charge >= 0.3 is 25.7 Å². The third-order valence-electron chi connectivity index (χ3n) is 0. The van der Waals surface area contributed by atoms with E-state index < -0.39 is 4.30 Å². The van der Waals surface area contributed by atoms with Gasteiger partial charge in [-0.05, 0) is 0 Å². The molecular weight excluding hydrogens is 178 g/mol. The Labute approximate surface area is 64.5 Å². The molecule has 0 aromatic heterocycles. The van der Waals surface area contributed by atoms with E-state index in [0.717, 1.165) is 0 Å². The van der Waals surface area contributed by atoms with Gasteiger partial charge < -0.3 is 0 Å². The van der Waals surface area contributed by atoms with Crippen LogP contribution in [0.5, 0.6) is 0 Å².